The molecule has 98 valence electrons. The SMILES string of the molecule is CP(C)(=O)CCCC(=O)N(O)C1C=CCCC1. The van der Waals surface area contributed by atoms with E-state index in [0.717, 1.165) is 24.3 Å². The van der Waals surface area contributed by atoms with E-state index in [1.54, 1.807) is 13.3 Å². The number of carbonyl (C=O) groups excluding carboxylic acids is 1. The van der Waals surface area contributed by atoms with Gasteiger partial charge >= 0.3 is 0 Å². The lowest BCUT2D eigenvalue weighted by Crippen LogP contribution is -2.37. The molecule has 17 heavy (non-hydrogen) atoms. The average molecular weight is 259 g/mol. The van der Waals surface area contributed by atoms with E-state index in [4.69, 9.17) is 0 Å². The maximum atomic E-state index is 11.7. The normalized spacial score (nSPS) is 20.3. The first-order chi connectivity index (χ1) is 7.90. The molecule has 0 aromatic carbocycles. The van der Waals surface area contributed by atoms with E-state index in [1.165, 1.54) is 0 Å². The second kappa shape index (κ2) is 6.36. The van der Waals surface area contributed by atoms with Gasteiger partial charge < -0.3 is 4.57 Å². The first-order valence-corrected chi connectivity index (χ1v) is 8.90. The Hall–Kier alpha value is -0.600. The van der Waals surface area contributed by atoms with E-state index in [-0.39, 0.29) is 18.4 Å². The minimum absolute atomic E-state index is 0.175. The molecule has 1 unspecified atom stereocenters. The molecule has 0 saturated carbocycles. The standard InChI is InChI=1S/C12H22NO3P/c1-17(2,16)10-6-9-12(14)13(15)11-7-4-3-5-8-11/h4,7,11,15H,3,5-6,8-10H2,1-2H3. The number of nitrogens with zero attached hydrogens (tertiary/aromatic N) is 1. The zero-order valence-corrected chi connectivity index (χ0v) is 11.5. The highest BCUT2D eigenvalue weighted by Gasteiger charge is 2.21. The smallest absolute Gasteiger partial charge is 0.246 e. The molecule has 4 nitrogen and oxygen atoms in total. The first-order valence-electron chi connectivity index (χ1n) is 6.12. The number of amides is 1. The second-order valence-corrected chi connectivity index (χ2v) is 8.66. The van der Waals surface area contributed by atoms with Crippen LogP contribution in [0.5, 0.6) is 0 Å². The van der Waals surface area contributed by atoms with Gasteiger partial charge in [-0.1, -0.05) is 12.2 Å². The van der Waals surface area contributed by atoms with Crippen LogP contribution in [-0.4, -0.2) is 41.7 Å². The average Bonchev–Trinajstić information content (AvgIpc) is 2.27. The summed E-state index contributed by atoms with van der Waals surface area (Å²) in [5.74, 6) is -0.269. The van der Waals surface area contributed by atoms with Crippen molar-refractivity contribution in [3.05, 3.63) is 12.2 Å². The Labute approximate surface area is 103 Å². The number of allylic oxidation sites excluding steroid dienone is 1. The van der Waals surface area contributed by atoms with Crippen molar-refractivity contribution in [2.24, 2.45) is 0 Å². The predicted molar refractivity (Wildman–Crippen MR) is 69.0 cm³/mol. The van der Waals surface area contributed by atoms with Crippen LogP contribution < -0.4 is 0 Å². The highest BCUT2D eigenvalue weighted by atomic mass is 31.2. The van der Waals surface area contributed by atoms with Crippen LogP contribution in [-0.2, 0) is 9.36 Å². The number of hydrogen-bond donors (Lipinski definition) is 1. The molecule has 0 aromatic heterocycles. The molecule has 1 aliphatic carbocycles. The molecule has 0 fully saturated rings. The van der Waals surface area contributed by atoms with Crippen molar-refractivity contribution < 1.29 is 14.6 Å². The van der Waals surface area contributed by atoms with Gasteiger partial charge in [0.1, 0.15) is 0 Å². The Morgan fingerprint density at radius 1 is 1.53 bits per heavy atom. The summed E-state index contributed by atoms with van der Waals surface area (Å²) in [7, 11) is -2.05. The Morgan fingerprint density at radius 3 is 2.76 bits per heavy atom. The van der Waals surface area contributed by atoms with E-state index < -0.39 is 7.14 Å². The van der Waals surface area contributed by atoms with Crippen molar-refractivity contribution in [1.29, 1.82) is 0 Å². The minimum Gasteiger partial charge on any atom is -0.324 e. The number of rotatable bonds is 5. The maximum Gasteiger partial charge on any atom is 0.246 e. The van der Waals surface area contributed by atoms with Gasteiger partial charge in [-0.15, -0.1) is 0 Å². The zero-order valence-electron chi connectivity index (χ0n) is 10.6. The monoisotopic (exact) mass is 259 g/mol. The molecule has 0 radical (unpaired) electrons. The molecule has 5 heteroatoms. The fourth-order valence-electron chi connectivity index (χ4n) is 1.91. The molecule has 1 rings (SSSR count). The highest BCUT2D eigenvalue weighted by molar-refractivity contribution is 7.62. The van der Waals surface area contributed by atoms with Gasteiger partial charge in [0.05, 0.1) is 13.2 Å². The van der Waals surface area contributed by atoms with Crippen molar-refractivity contribution in [3.8, 4) is 0 Å². The van der Waals surface area contributed by atoms with Gasteiger partial charge in [-0.3, -0.25) is 10.0 Å². The van der Waals surface area contributed by atoms with Crippen molar-refractivity contribution in [1.82, 2.24) is 5.06 Å². The molecule has 0 aliphatic heterocycles. The maximum absolute atomic E-state index is 11.7. The number of hydroxylamine groups is 2. The van der Waals surface area contributed by atoms with Crippen LogP contribution >= 0.6 is 7.14 Å². The van der Waals surface area contributed by atoms with Crippen LogP contribution in [0.2, 0.25) is 0 Å². The molecule has 0 bridgehead atoms. The lowest BCUT2D eigenvalue weighted by molar-refractivity contribution is -0.172. The van der Waals surface area contributed by atoms with Gasteiger partial charge in [-0.05, 0) is 39.0 Å². The molecular weight excluding hydrogens is 237 g/mol. The zero-order chi connectivity index (χ0) is 12.9. The largest absolute Gasteiger partial charge is 0.324 e. The van der Waals surface area contributed by atoms with Crippen molar-refractivity contribution in [3.63, 3.8) is 0 Å². The minimum atomic E-state index is -2.05. The summed E-state index contributed by atoms with van der Waals surface area (Å²) in [6, 6.07) is -0.175. The molecule has 0 aromatic rings. The van der Waals surface area contributed by atoms with E-state index in [1.807, 2.05) is 12.2 Å². The second-order valence-electron chi connectivity index (χ2n) is 5.07. The Kier molecular flexibility index (Phi) is 5.41. The molecule has 1 aliphatic rings. The molecular formula is C12H22NO3P. The van der Waals surface area contributed by atoms with Crippen LogP contribution in [0.15, 0.2) is 12.2 Å². The first kappa shape index (κ1) is 14.5. The van der Waals surface area contributed by atoms with Crippen molar-refractivity contribution >= 4 is 13.0 Å². The fourth-order valence-corrected chi connectivity index (χ4v) is 2.83. The summed E-state index contributed by atoms with van der Waals surface area (Å²) in [4.78, 5) is 11.7. The Balaban J connectivity index is 2.34. The van der Waals surface area contributed by atoms with E-state index in [2.05, 4.69) is 0 Å². The third-order valence-corrected chi connectivity index (χ3v) is 4.28. The fraction of sp³-hybridized carbons (Fsp3) is 0.750. The quantitative estimate of drug-likeness (QED) is 0.357. The lowest BCUT2D eigenvalue weighted by atomic mass is 10.0. The van der Waals surface area contributed by atoms with Crippen LogP contribution in [0.3, 0.4) is 0 Å². The van der Waals surface area contributed by atoms with Crippen LogP contribution in [0.1, 0.15) is 32.1 Å². The third-order valence-electron chi connectivity index (χ3n) is 2.89. The summed E-state index contributed by atoms with van der Waals surface area (Å²) >= 11 is 0. The summed E-state index contributed by atoms with van der Waals surface area (Å²) in [6.07, 6.45) is 8.13. The van der Waals surface area contributed by atoms with Crippen LogP contribution in [0.25, 0.3) is 0 Å². The summed E-state index contributed by atoms with van der Waals surface area (Å²) in [5.41, 5.74) is 0. The van der Waals surface area contributed by atoms with Gasteiger partial charge in [-0.2, -0.15) is 0 Å². The van der Waals surface area contributed by atoms with E-state index >= 15 is 0 Å². The van der Waals surface area contributed by atoms with Gasteiger partial charge in [0.15, 0.2) is 0 Å². The Morgan fingerprint density at radius 2 is 2.24 bits per heavy atom. The van der Waals surface area contributed by atoms with Crippen molar-refractivity contribution in [2.75, 3.05) is 19.5 Å². The van der Waals surface area contributed by atoms with E-state index in [9.17, 15) is 14.6 Å². The molecule has 1 atom stereocenters. The van der Waals surface area contributed by atoms with Gasteiger partial charge in [-0.25, -0.2) is 5.06 Å². The third kappa shape index (κ3) is 5.51. The summed E-state index contributed by atoms with van der Waals surface area (Å²) in [6.45, 7) is 3.44. The molecule has 0 spiro atoms. The summed E-state index contributed by atoms with van der Waals surface area (Å²) in [5, 5.41) is 10.6. The van der Waals surface area contributed by atoms with Gasteiger partial charge in [0.25, 0.3) is 0 Å². The molecule has 0 saturated heterocycles. The number of hydrogen-bond acceptors (Lipinski definition) is 3. The molecule has 1 amide bonds. The highest BCUT2D eigenvalue weighted by Crippen LogP contribution is 2.36. The number of carbonyl (C=O) groups is 1. The van der Waals surface area contributed by atoms with Crippen molar-refractivity contribution in [2.45, 2.75) is 38.1 Å². The Bertz CT molecular complexity index is 335. The predicted octanol–water partition coefficient (Wildman–Crippen LogP) is 2.72. The van der Waals surface area contributed by atoms with Gasteiger partial charge in [0.2, 0.25) is 5.91 Å². The van der Waals surface area contributed by atoms with Gasteiger partial charge in [0, 0.05) is 12.6 Å². The molecule has 1 N–H and O–H groups in total. The van der Waals surface area contributed by atoms with Crippen LogP contribution in [0.4, 0.5) is 0 Å². The lowest BCUT2D eigenvalue weighted by Gasteiger charge is -2.25. The topological polar surface area (TPSA) is 57.6 Å². The molecule has 0 heterocycles. The van der Waals surface area contributed by atoms with E-state index in [0.29, 0.717) is 12.6 Å². The van der Waals surface area contributed by atoms with Crippen LogP contribution in [0, 0.1) is 0 Å². The summed E-state index contributed by atoms with van der Waals surface area (Å²) < 4.78 is 11.5.